The fourth-order valence-electron chi connectivity index (χ4n) is 5.44. The van der Waals surface area contributed by atoms with Crippen molar-refractivity contribution in [2.24, 2.45) is 0 Å². The van der Waals surface area contributed by atoms with E-state index in [0.29, 0.717) is 31.1 Å². The number of para-hydroxylation sites is 1. The number of anilines is 1. The van der Waals surface area contributed by atoms with Gasteiger partial charge in [-0.25, -0.2) is 13.4 Å². The first kappa shape index (κ1) is 26.2. The molecule has 9 heteroatoms. The molecule has 1 saturated heterocycles. The Kier molecular flexibility index (Phi) is 7.65. The van der Waals surface area contributed by atoms with Gasteiger partial charge in [0, 0.05) is 63.0 Å². The number of hydrogen-bond acceptors (Lipinski definition) is 5. The van der Waals surface area contributed by atoms with E-state index in [2.05, 4.69) is 4.98 Å². The van der Waals surface area contributed by atoms with Crippen molar-refractivity contribution in [3.8, 4) is 0 Å². The van der Waals surface area contributed by atoms with Crippen molar-refractivity contribution >= 4 is 27.3 Å². The number of aromatic nitrogens is 2. The zero-order valence-electron chi connectivity index (χ0n) is 21.8. The van der Waals surface area contributed by atoms with Crippen molar-refractivity contribution in [3.63, 3.8) is 0 Å². The minimum atomic E-state index is -3.39. The molecule has 38 heavy (non-hydrogen) atoms. The molecule has 2 amide bonds. The van der Waals surface area contributed by atoms with Crippen LogP contribution in [0.3, 0.4) is 0 Å². The number of amides is 2. The lowest BCUT2D eigenvalue weighted by Crippen LogP contribution is -2.39. The molecule has 1 aromatic heterocycles. The second kappa shape index (κ2) is 11.1. The van der Waals surface area contributed by atoms with Crippen LogP contribution in [0.1, 0.15) is 48.6 Å². The van der Waals surface area contributed by atoms with E-state index in [1.807, 2.05) is 59.0 Å². The Bertz CT molecular complexity index is 1410. The Labute approximate surface area is 224 Å². The molecule has 5 rings (SSSR count). The Hall–Kier alpha value is -3.46. The van der Waals surface area contributed by atoms with Crippen LogP contribution in [0, 0.1) is 6.92 Å². The highest BCUT2D eigenvalue weighted by atomic mass is 32.2. The molecule has 2 aromatic carbocycles. The van der Waals surface area contributed by atoms with E-state index in [9.17, 15) is 18.0 Å². The number of sulfone groups is 1. The quantitative estimate of drug-likeness (QED) is 0.439. The number of rotatable bonds is 8. The van der Waals surface area contributed by atoms with Crippen molar-refractivity contribution < 1.29 is 18.0 Å². The third-order valence-electron chi connectivity index (χ3n) is 7.68. The Balaban J connectivity index is 1.11. The summed E-state index contributed by atoms with van der Waals surface area (Å²) in [5, 5.41) is 0. The number of carbonyl (C=O) groups is 2. The van der Waals surface area contributed by atoms with Crippen molar-refractivity contribution in [2.75, 3.05) is 30.3 Å². The number of nitrogens with zero attached hydrogens (tertiary/aromatic N) is 4. The molecule has 3 heterocycles. The van der Waals surface area contributed by atoms with Crippen molar-refractivity contribution in [2.45, 2.75) is 56.4 Å². The summed E-state index contributed by atoms with van der Waals surface area (Å²) in [5.41, 5.74) is 3.17. The predicted octanol–water partition coefficient (Wildman–Crippen LogP) is 3.74. The van der Waals surface area contributed by atoms with E-state index in [0.717, 1.165) is 36.3 Å². The summed E-state index contributed by atoms with van der Waals surface area (Å²) in [4.78, 5) is 34.2. The van der Waals surface area contributed by atoms with Crippen LogP contribution in [0.5, 0.6) is 0 Å². The molecule has 2 aliphatic rings. The summed E-state index contributed by atoms with van der Waals surface area (Å²) >= 11 is 0. The molecule has 0 bridgehead atoms. The van der Waals surface area contributed by atoms with E-state index in [4.69, 9.17) is 0 Å². The van der Waals surface area contributed by atoms with Gasteiger partial charge in [-0.05, 0) is 49.9 Å². The molecule has 0 spiro atoms. The molecule has 0 atom stereocenters. The van der Waals surface area contributed by atoms with Crippen LogP contribution in [0.2, 0.25) is 0 Å². The zero-order valence-corrected chi connectivity index (χ0v) is 22.6. The van der Waals surface area contributed by atoms with Crippen molar-refractivity contribution in [3.05, 3.63) is 77.9 Å². The summed E-state index contributed by atoms with van der Waals surface area (Å²) in [6.07, 6.45) is 6.37. The molecular formula is C29H34N4O4S. The standard InChI is InChI=1S/C29H34N4O4S/c1-22-6-8-25(9-7-22)38(36,37)21-20-32-19-15-30-29(32)24-12-16-31(17-13-24)27(34)10-11-28(35)33-18-14-23-4-2-3-5-26(23)33/h2-9,15,19,24H,10-14,16-18,20-21H2,1H3. The molecular weight excluding hydrogens is 500 g/mol. The summed E-state index contributed by atoms with van der Waals surface area (Å²) < 4.78 is 27.5. The van der Waals surface area contributed by atoms with Crippen LogP contribution in [-0.4, -0.2) is 60.1 Å². The number of carbonyl (C=O) groups excluding carboxylic acids is 2. The number of likely N-dealkylation sites (tertiary alicyclic amines) is 1. The van der Waals surface area contributed by atoms with Crippen molar-refractivity contribution in [1.29, 1.82) is 0 Å². The van der Waals surface area contributed by atoms with Crippen LogP contribution >= 0.6 is 0 Å². The number of imidazole rings is 1. The second-order valence-corrected chi connectivity index (χ2v) is 12.3. The molecule has 200 valence electrons. The summed E-state index contributed by atoms with van der Waals surface area (Å²) in [6.45, 7) is 4.17. The van der Waals surface area contributed by atoms with Gasteiger partial charge < -0.3 is 14.4 Å². The fraction of sp³-hybridized carbons (Fsp3) is 0.414. The monoisotopic (exact) mass is 534 g/mol. The summed E-state index contributed by atoms with van der Waals surface area (Å²) in [6, 6.07) is 14.9. The predicted molar refractivity (Wildman–Crippen MR) is 146 cm³/mol. The highest BCUT2D eigenvalue weighted by Gasteiger charge is 2.29. The van der Waals surface area contributed by atoms with E-state index < -0.39 is 9.84 Å². The largest absolute Gasteiger partial charge is 0.343 e. The highest BCUT2D eigenvalue weighted by molar-refractivity contribution is 7.91. The Morgan fingerprint density at radius 2 is 1.66 bits per heavy atom. The first-order valence-electron chi connectivity index (χ1n) is 13.3. The first-order chi connectivity index (χ1) is 18.3. The van der Waals surface area contributed by atoms with Gasteiger partial charge in [-0.3, -0.25) is 9.59 Å². The molecule has 1 fully saturated rings. The fourth-order valence-corrected chi connectivity index (χ4v) is 6.67. The van der Waals surface area contributed by atoms with Crippen molar-refractivity contribution in [1.82, 2.24) is 14.5 Å². The molecule has 0 saturated carbocycles. The molecule has 0 aliphatic carbocycles. The van der Waals surface area contributed by atoms with Crippen LogP contribution in [-0.2, 0) is 32.4 Å². The van der Waals surface area contributed by atoms with E-state index in [-0.39, 0.29) is 36.3 Å². The van der Waals surface area contributed by atoms with Gasteiger partial charge in [-0.1, -0.05) is 35.9 Å². The smallest absolute Gasteiger partial charge is 0.227 e. The maximum absolute atomic E-state index is 12.9. The normalized spacial score (nSPS) is 16.0. The first-order valence-corrected chi connectivity index (χ1v) is 14.9. The third-order valence-corrected chi connectivity index (χ3v) is 9.39. The van der Waals surface area contributed by atoms with E-state index in [1.165, 1.54) is 5.56 Å². The number of hydrogen-bond donors (Lipinski definition) is 0. The second-order valence-electron chi connectivity index (χ2n) is 10.2. The lowest BCUT2D eigenvalue weighted by Gasteiger charge is -2.32. The minimum Gasteiger partial charge on any atom is -0.343 e. The average molecular weight is 535 g/mol. The highest BCUT2D eigenvalue weighted by Crippen LogP contribution is 2.29. The Morgan fingerprint density at radius 1 is 0.947 bits per heavy atom. The molecule has 2 aliphatic heterocycles. The molecule has 8 nitrogen and oxygen atoms in total. The van der Waals surface area contributed by atoms with Gasteiger partial charge in [-0.15, -0.1) is 0 Å². The van der Waals surface area contributed by atoms with Gasteiger partial charge >= 0.3 is 0 Å². The lowest BCUT2D eigenvalue weighted by atomic mass is 9.95. The number of benzene rings is 2. The number of aryl methyl sites for hydroxylation is 2. The van der Waals surface area contributed by atoms with Gasteiger partial charge in [0.05, 0.1) is 10.6 Å². The van der Waals surface area contributed by atoms with Crippen LogP contribution in [0.4, 0.5) is 5.69 Å². The maximum atomic E-state index is 12.9. The average Bonchev–Trinajstić information content (AvgIpc) is 3.58. The van der Waals surface area contributed by atoms with Gasteiger partial charge in [0.1, 0.15) is 5.82 Å². The molecule has 0 unspecified atom stereocenters. The molecule has 3 aromatic rings. The SMILES string of the molecule is Cc1ccc(S(=O)(=O)CCn2ccnc2C2CCN(C(=O)CCC(=O)N3CCc4ccccc43)CC2)cc1. The minimum absolute atomic E-state index is 0.000743. The lowest BCUT2D eigenvalue weighted by molar-refractivity contribution is -0.134. The van der Waals surface area contributed by atoms with Crippen LogP contribution in [0.25, 0.3) is 0 Å². The maximum Gasteiger partial charge on any atom is 0.227 e. The summed E-state index contributed by atoms with van der Waals surface area (Å²) in [5.74, 6) is 1.06. The van der Waals surface area contributed by atoms with E-state index in [1.54, 1.807) is 23.2 Å². The molecule has 0 radical (unpaired) electrons. The van der Waals surface area contributed by atoms with Gasteiger partial charge in [0.2, 0.25) is 11.8 Å². The van der Waals surface area contributed by atoms with Gasteiger partial charge in [-0.2, -0.15) is 0 Å². The van der Waals surface area contributed by atoms with E-state index >= 15 is 0 Å². The van der Waals surface area contributed by atoms with Gasteiger partial charge in [0.25, 0.3) is 0 Å². The Morgan fingerprint density at radius 3 is 2.42 bits per heavy atom. The van der Waals surface area contributed by atoms with Crippen LogP contribution in [0.15, 0.2) is 65.8 Å². The summed E-state index contributed by atoms with van der Waals surface area (Å²) in [7, 11) is -3.39. The van der Waals surface area contributed by atoms with Gasteiger partial charge in [0.15, 0.2) is 9.84 Å². The third kappa shape index (κ3) is 5.67. The topological polar surface area (TPSA) is 92.6 Å². The van der Waals surface area contributed by atoms with Crippen LogP contribution < -0.4 is 4.90 Å². The zero-order chi connectivity index (χ0) is 26.7. The number of fused-ring (bicyclic) bond motifs is 1. The molecule has 0 N–H and O–H groups in total. The number of piperidine rings is 1.